The minimum atomic E-state index is -0.704. The molecule has 0 N–H and O–H groups in total. The van der Waals surface area contributed by atoms with E-state index in [-0.39, 0.29) is 23.8 Å². The van der Waals surface area contributed by atoms with Crippen LogP contribution in [0.3, 0.4) is 0 Å². The van der Waals surface area contributed by atoms with Crippen molar-refractivity contribution in [3.05, 3.63) is 28.9 Å². The molecular weight excluding hydrogens is 225 g/mol. The molecule has 17 heavy (non-hydrogen) atoms. The summed E-state index contributed by atoms with van der Waals surface area (Å²) in [5.41, 5.74) is -0.316. The molecule has 0 saturated carbocycles. The van der Waals surface area contributed by atoms with Gasteiger partial charge in [0.15, 0.2) is 11.6 Å². The van der Waals surface area contributed by atoms with Gasteiger partial charge >= 0.3 is 0 Å². The van der Waals surface area contributed by atoms with Crippen molar-refractivity contribution in [3.8, 4) is 5.75 Å². The number of Topliss-reactive ketones (excluding diaryl/α,β-unsaturated/α-hetero) is 1. The first-order chi connectivity index (χ1) is 8.17. The highest BCUT2D eigenvalue weighted by Gasteiger charge is 2.06. The predicted molar refractivity (Wildman–Crippen MR) is 61.9 cm³/mol. The van der Waals surface area contributed by atoms with Crippen molar-refractivity contribution >= 4 is 11.5 Å². The third-order valence-corrected chi connectivity index (χ3v) is 2.22. The summed E-state index contributed by atoms with van der Waals surface area (Å²) in [4.78, 5) is 21.6. The van der Waals surface area contributed by atoms with Crippen molar-refractivity contribution in [2.24, 2.45) is 5.18 Å². The fourth-order valence-corrected chi connectivity index (χ4v) is 1.26. The van der Waals surface area contributed by atoms with Crippen LogP contribution in [0.1, 0.15) is 26.2 Å². The lowest BCUT2D eigenvalue weighted by Gasteiger charge is -2.05. The zero-order chi connectivity index (χ0) is 12.7. The van der Waals surface area contributed by atoms with Gasteiger partial charge in [0.1, 0.15) is 18.0 Å². The molecule has 1 aromatic carbocycles. The Hall–Kier alpha value is -1.78. The normalized spacial score (nSPS) is 10.0. The Morgan fingerprint density at radius 3 is 2.88 bits per heavy atom. The third kappa shape index (κ3) is 4.30. The molecule has 0 unspecified atom stereocenters. The first-order valence-electron chi connectivity index (χ1n) is 5.44. The highest BCUT2D eigenvalue weighted by molar-refractivity contribution is 5.79. The smallest absolute Gasteiger partial charge is 0.170 e. The van der Waals surface area contributed by atoms with Crippen molar-refractivity contribution in [3.63, 3.8) is 0 Å². The summed E-state index contributed by atoms with van der Waals surface area (Å²) in [6.45, 7) is 1.93. The summed E-state index contributed by atoms with van der Waals surface area (Å²) in [6.07, 6.45) is 2.24. The first kappa shape index (κ1) is 13.3. The summed E-state index contributed by atoms with van der Waals surface area (Å²) in [6, 6.07) is 3.62. The fraction of sp³-hybridized carbons (Fsp3) is 0.417. The van der Waals surface area contributed by atoms with Crippen LogP contribution in [0.5, 0.6) is 5.75 Å². The highest BCUT2D eigenvalue weighted by atomic mass is 19.1. The average molecular weight is 239 g/mol. The molecule has 0 aliphatic carbocycles. The van der Waals surface area contributed by atoms with Gasteiger partial charge in [0.05, 0.1) is 0 Å². The molecule has 1 aromatic rings. The van der Waals surface area contributed by atoms with Crippen LogP contribution in [0.25, 0.3) is 0 Å². The van der Waals surface area contributed by atoms with Gasteiger partial charge in [0.2, 0.25) is 0 Å². The second-order valence-corrected chi connectivity index (χ2v) is 3.64. The molecule has 0 amide bonds. The van der Waals surface area contributed by atoms with Crippen LogP contribution in [0.15, 0.2) is 23.4 Å². The number of benzene rings is 1. The summed E-state index contributed by atoms with van der Waals surface area (Å²) in [7, 11) is 0. The van der Waals surface area contributed by atoms with Crippen molar-refractivity contribution in [1.29, 1.82) is 0 Å². The lowest BCUT2D eigenvalue weighted by molar-refractivity contribution is -0.121. The van der Waals surface area contributed by atoms with E-state index in [1.54, 1.807) is 0 Å². The molecule has 4 nitrogen and oxygen atoms in total. The number of hydrogen-bond donors (Lipinski definition) is 0. The second-order valence-electron chi connectivity index (χ2n) is 3.64. The van der Waals surface area contributed by atoms with Crippen molar-refractivity contribution in [2.75, 3.05) is 6.61 Å². The van der Waals surface area contributed by atoms with Crippen molar-refractivity contribution in [1.82, 2.24) is 0 Å². The Labute approximate surface area is 98.8 Å². The average Bonchev–Trinajstić information content (AvgIpc) is 2.35. The van der Waals surface area contributed by atoms with E-state index in [4.69, 9.17) is 4.74 Å². The molecule has 0 spiro atoms. The minimum absolute atomic E-state index is 0.0169. The number of ketones is 1. The van der Waals surface area contributed by atoms with E-state index in [0.717, 1.165) is 18.9 Å². The molecule has 0 aliphatic heterocycles. The summed E-state index contributed by atoms with van der Waals surface area (Å²) in [5.74, 6) is -0.452. The molecular formula is C12H14FNO3. The van der Waals surface area contributed by atoms with Gasteiger partial charge in [-0.25, -0.2) is 4.39 Å². The Kier molecular flexibility index (Phi) is 5.26. The van der Waals surface area contributed by atoms with Crippen LogP contribution in [0.4, 0.5) is 10.1 Å². The number of hydrogen-bond acceptors (Lipinski definition) is 4. The summed E-state index contributed by atoms with van der Waals surface area (Å²) >= 11 is 0. The number of rotatable bonds is 7. The lowest BCUT2D eigenvalue weighted by Crippen LogP contribution is -2.10. The Morgan fingerprint density at radius 1 is 1.47 bits per heavy atom. The topological polar surface area (TPSA) is 55.7 Å². The Bertz CT molecular complexity index is 407. The SMILES string of the molecule is CCCCC(=O)COc1ccc(F)c(N=O)c1. The van der Waals surface area contributed by atoms with E-state index in [1.165, 1.54) is 12.1 Å². The summed E-state index contributed by atoms with van der Waals surface area (Å²) < 4.78 is 18.1. The van der Waals surface area contributed by atoms with Crippen molar-refractivity contribution < 1.29 is 13.9 Å². The van der Waals surface area contributed by atoms with Crippen LogP contribution in [-0.2, 0) is 4.79 Å². The van der Waals surface area contributed by atoms with E-state index in [1.807, 2.05) is 6.92 Å². The van der Waals surface area contributed by atoms with E-state index in [9.17, 15) is 14.1 Å². The molecule has 0 fully saturated rings. The monoisotopic (exact) mass is 239 g/mol. The van der Waals surface area contributed by atoms with E-state index in [2.05, 4.69) is 5.18 Å². The number of halogens is 1. The quantitative estimate of drug-likeness (QED) is 0.685. The Balaban J connectivity index is 2.52. The van der Waals surface area contributed by atoms with Crippen LogP contribution >= 0.6 is 0 Å². The van der Waals surface area contributed by atoms with Gasteiger partial charge in [-0.2, -0.15) is 0 Å². The molecule has 1 rings (SSSR count). The number of unbranched alkanes of at least 4 members (excludes halogenated alkanes) is 1. The molecule has 0 heterocycles. The second kappa shape index (κ2) is 6.73. The standard InChI is InChI=1S/C12H14FNO3/c1-2-3-4-9(15)8-17-10-5-6-11(13)12(7-10)14-16/h5-7H,2-4,8H2,1H3. The minimum Gasteiger partial charge on any atom is -0.486 e. The molecule has 5 heteroatoms. The van der Waals surface area contributed by atoms with Gasteiger partial charge in [0, 0.05) is 12.5 Å². The summed E-state index contributed by atoms with van der Waals surface area (Å²) in [5, 5.41) is 2.52. The van der Waals surface area contributed by atoms with Crippen molar-refractivity contribution in [2.45, 2.75) is 26.2 Å². The van der Waals surface area contributed by atoms with Crippen LogP contribution in [-0.4, -0.2) is 12.4 Å². The lowest BCUT2D eigenvalue weighted by atomic mass is 10.2. The number of carbonyl (C=O) groups excluding carboxylic acids is 1. The molecule has 0 aromatic heterocycles. The van der Waals surface area contributed by atoms with E-state index < -0.39 is 5.82 Å². The number of nitrogens with zero attached hydrogens (tertiary/aromatic N) is 1. The van der Waals surface area contributed by atoms with Gasteiger partial charge < -0.3 is 4.74 Å². The van der Waals surface area contributed by atoms with Crippen LogP contribution in [0, 0.1) is 10.7 Å². The van der Waals surface area contributed by atoms with E-state index >= 15 is 0 Å². The molecule has 0 radical (unpaired) electrons. The largest absolute Gasteiger partial charge is 0.486 e. The number of ether oxygens (including phenoxy) is 1. The third-order valence-electron chi connectivity index (χ3n) is 2.22. The highest BCUT2D eigenvalue weighted by Crippen LogP contribution is 2.23. The first-order valence-corrected chi connectivity index (χ1v) is 5.44. The molecule has 0 atom stereocenters. The molecule has 0 saturated heterocycles. The maximum Gasteiger partial charge on any atom is 0.170 e. The van der Waals surface area contributed by atoms with Crippen LogP contribution < -0.4 is 4.74 Å². The predicted octanol–water partition coefficient (Wildman–Crippen LogP) is 3.36. The van der Waals surface area contributed by atoms with Gasteiger partial charge in [-0.1, -0.05) is 13.3 Å². The maximum absolute atomic E-state index is 12.9. The number of carbonyl (C=O) groups is 1. The zero-order valence-corrected chi connectivity index (χ0v) is 9.61. The maximum atomic E-state index is 12.9. The van der Waals surface area contributed by atoms with E-state index in [0.29, 0.717) is 6.42 Å². The molecule has 0 bridgehead atoms. The van der Waals surface area contributed by atoms with Gasteiger partial charge in [-0.05, 0) is 23.7 Å². The fourth-order valence-electron chi connectivity index (χ4n) is 1.26. The zero-order valence-electron chi connectivity index (χ0n) is 9.61. The van der Waals surface area contributed by atoms with Gasteiger partial charge in [0.25, 0.3) is 0 Å². The van der Waals surface area contributed by atoms with Crippen LogP contribution in [0.2, 0.25) is 0 Å². The Morgan fingerprint density at radius 2 is 2.24 bits per heavy atom. The van der Waals surface area contributed by atoms with Gasteiger partial charge in [-0.15, -0.1) is 4.91 Å². The molecule has 92 valence electrons. The van der Waals surface area contributed by atoms with Gasteiger partial charge in [-0.3, -0.25) is 4.79 Å². The molecule has 0 aliphatic rings. The number of nitroso groups, excluding NO2 is 1.